The predicted molar refractivity (Wildman–Crippen MR) is 155 cm³/mol. The predicted octanol–water partition coefficient (Wildman–Crippen LogP) is 6.12. The summed E-state index contributed by atoms with van der Waals surface area (Å²) in [5.41, 5.74) is 2.86. The number of hydrogen-bond acceptors (Lipinski definition) is 5. The molecule has 0 aliphatic carbocycles. The van der Waals surface area contributed by atoms with Gasteiger partial charge in [0.05, 0.1) is 20.5 Å². The molecule has 0 bridgehead atoms. The number of aryl methyl sites for hydroxylation is 3. The van der Waals surface area contributed by atoms with Gasteiger partial charge < -0.3 is 5.32 Å². The van der Waals surface area contributed by atoms with Crippen molar-refractivity contribution in [2.45, 2.75) is 30.6 Å². The molecule has 4 aromatic carbocycles. The molecule has 0 spiro atoms. The van der Waals surface area contributed by atoms with Crippen LogP contribution >= 0.6 is 11.6 Å². The monoisotopic (exact) mass is 583 g/mol. The number of amides is 1. The van der Waals surface area contributed by atoms with Gasteiger partial charge in [-0.15, -0.1) is 0 Å². The Kier molecular flexibility index (Phi) is 8.01. The molecule has 0 aliphatic rings. The third kappa shape index (κ3) is 6.59. The van der Waals surface area contributed by atoms with Gasteiger partial charge in [-0.05, 0) is 86.0 Å². The lowest BCUT2D eigenvalue weighted by molar-refractivity contribution is 0.102. The SMILES string of the molecule is Cc1cccc(NS(=O)(=O)c2ccc(C)c(C(=O)Nc3ccc(C)c(S(=O)(=O)Nc4ccccc4Cl)c3)c2)c1. The summed E-state index contributed by atoms with van der Waals surface area (Å²) in [6.07, 6.45) is 0. The third-order valence-electron chi connectivity index (χ3n) is 5.89. The summed E-state index contributed by atoms with van der Waals surface area (Å²) in [5.74, 6) is -0.591. The Morgan fingerprint density at radius 2 is 1.41 bits per heavy atom. The number of para-hydroxylation sites is 1. The lowest BCUT2D eigenvalue weighted by Crippen LogP contribution is -2.18. The van der Waals surface area contributed by atoms with Gasteiger partial charge in [-0.3, -0.25) is 14.2 Å². The number of anilines is 3. The molecule has 1 amide bonds. The number of rotatable bonds is 8. The molecule has 0 saturated carbocycles. The minimum absolute atomic E-state index is 0.0457. The molecule has 0 aromatic heterocycles. The molecule has 202 valence electrons. The second-order valence-corrected chi connectivity index (χ2v) is 12.7. The summed E-state index contributed by atoms with van der Waals surface area (Å²) >= 11 is 6.11. The van der Waals surface area contributed by atoms with E-state index >= 15 is 0 Å². The maximum absolute atomic E-state index is 13.2. The summed E-state index contributed by atoms with van der Waals surface area (Å²) in [7, 11) is -8.00. The van der Waals surface area contributed by atoms with Crippen LogP contribution in [-0.4, -0.2) is 22.7 Å². The summed E-state index contributed by atoms with van der Waals surface area (Å²) in [5, 5.41) is 2.92. The maximum Gasteiger partial charge on any atom is 0.262 e. The number of benzene rings is 4. The smallest absolute Gasteiger partial charge is 0.262 e. The van der Waals surface area contributed by atoms with Crippen LogP contribution in [0.15, 0.2) is 94.7 Å². The van der Waals surface area contributed by atoms with Crippen LogP contribution in [0, 0.1) is 20.8 Å². The van der Waals surface area contributed by atoms with Gasteiger partial charge in [0.2, 0.25) is 0 Å². The average Bonchev–Trinajstić information content (AvgIpc) is 2.86. The number of nitrogens with one attached hydrogen (secondary N) is 3. The molecule has 39 heavy (non-hydrogen) atoms. The lowest BCUT2D eigenvalue weighted by atomic mass is 10.1. The van der Waals surface area contributed by atoms with Crippen molar-refractivity contribution in [1.82, 2.24) is 0 Å². The minimum atomic E-state index is -4.03. The van der Waals surface area contributed by atoms with Crippen molar-refractivity contribution in [3.63, 3.8) is 0 Å². The van der Waals surface area contributed by atoms with Crippen molar-refractivity contribution in [2.24, 2.45) is 0 Å². The van der Waals surface area contributed by atoms with Gasteiger partial charge in [0.15, 0.2) is 0 Å². The number of hydrogen-bond donors (Lipinski definition) is 3. The highest BCUT2D eigenvalue weighted by Gasteiger charge is 2.21. The Morgan fingerprint density at radius 3 is 2.13 bits per heavy atom. The zero-order chi connectivity index (χ0) is 28.4. The molecule has 4 aromatic rings. The van der Waals surface area contributed by atoms with E-state index in [9.17, 15) is 21.6 Å². The van der Waals surface area contributed by atoms with Crippen molar-refractivity contribution < 1.29 is 21.6 Å². The molecule has 0 aliphatic heterocycles. The van der Waals surface area contributed by atoms with Crippen LogP contribution in [0.4, 0.5) is 17.1 Å². The largest absolute Gasteiger partial charge is 0.322 e. The average molecular weight is 584 g/mol. The van der Waals surface area contributed by atoms with E-state index in [4.69, 9.17) is 11.6 Å². The zero-order valence-electron chi connectivity index (χ0n) is 21.3. The quantitative estimate of drug-likeness (QED) is 0.231. The Bertz CT molecular complexity index is 1790. The molecule has 4 rings (SSSR count). The molecule has 0 radical (unpaired) electrons. The summed E-state index contributed by atoms with van der Waals surface area (Å²) in [6.45, 7) is 5.16. The maximum atomic E-state index is 13.2. The van der Waals surface area contributed by atoms with Gasteiger partial charge in [-0.1, -0.05) is 48.0 Å². The van der Waals surface area contributed by atoms with E-state index in [0.29, 0.717) is 16.8 Å². The Hall–Kier alpha value is -3.86. The van der Waals surface area contributed by atoms with E-state index in [1.165, 1.54) is 24.3 Å². The second-order valence-electron chi connectivity index (χ2n) is 8.97. The van der Waals surface area contributed by atoms with E-state index in [2.05, 4.69) is 14.8 Å². The Morgan fingerprint density at radius 1 is 0.692 bits per heavy atom. The molecule has 0 fully saturated rings. The van der Waals surface area contributed by atoms with Crippen LogP contribution in [0.5, 0.6) is 0 Å². The van der Waals surface area contributed by atoms with Gasteiger partial charge >= 0.3 is 0 Å². The topological polar surface area (TPSA) is 121 Å². The fraction of sp³-hybridized carbons (Fsp3) is 0.107. The first-order valence-electron chi connectivity index (χ1n) is 11.8. The van der Waals surface area contributed by atoms with E-state index in [-0.39, 0.29) is 31.8 Å². The Labute approximate surface area is 233 Å². The normalized spacial score (nSPS) is 11.6. The van der Waals surface area contributed by atoms with E-state index < -0.39 is 26.0 Å². The van der Waals surface area contributed by atoms with Crippen LogP contribution in [-0.2, 0) is 20.0 Å². The van der Waals surface area contributed by atoms with Crippen molar-refractivity contribution in [1.29, 1.82) is 0 Å². The van der Waals surface area contributed by atoms with Crippen LogP contribution < -0.4 is 14.8 Å². The lowest BCUT2D eigenvalue weighted by Gasteiger charge is -2.14. The molecule has 0 atom stereocenters. The van der Waals surface area contributed by atoms with Gasteiger partial charge in [-0.25, -0.2) is 16.8 Å². The van der Waals surface area contributed by atoms with Gasteiger partial charge in [-0.2, -0.15) is 0 Å². The molecule has 3 N–H and O–H groups in total. The fourth-order valence-electron chi connectivity index (χ4n) is 3.85. The molecule has 0 saturated heterocycles. The van der Waals surface area contributed by atoms with Crippen LogP contribution in [0.3, 0.4) is 0 Å². The third-order valence-corrected chi connectivity index (χ3v) is 9.10. The fourth-order valence-corrected chi connectivity index (χ4v) is 6.51. The van der Waals surface area contributed by atoms with Gasteiger partial charge in [0.1, 0.15) is 0 Å². The number of halogens is 1. The van der Waals surface area contributed by atoms with Crippen LogP contribution in [0.1, 0.15) is 27.0 Å². The zero-order valence-corrected chi connectivity index (χ0v) is 23.7. The van der Waals surface area contributed by atoms with Gasteiger partial charge in [0, 0.05) is 16.9 Å². The molecule has 11 heteroatoms. The van der Waals surface area contributed by atoms with Crippen molar-refractivity contribution in [3.8, 4) is 0 Å². The second kappa shape index (κ2) is 11.1. The van der Waals surface area contributed by atoms with Crippen LogP contribution in [0.2, 0.25) is 5.02 Å². The summed E-state index contributed by atoms with van der Waals surface area (Å²) < 4.78 is 57.2. The van der Waals surface area contributed by atoms with E-state index in [1.807, 2.05) is 13.0 Å². The number of sulfonamides is 2. The van der Waals surface area contributed by atoms with E-state index in [1.54, 1.807) is 68.4 Å². The standard InChI is InChI=1S/C28H26ClN3O5S2/c1-18-7-6-8-22(15-18)31-38(34,35)23-14-12-19(2)24(17-23)28(33)30-21-13-11-20(3)27(16-21)39(36,37)32-26-10-5-4-9-25(26)29/h4-17,31-32H,1-3H3,(H,30,33). The first-order valence-corrected chi connectivity index (χ1v) is 15.1. The van der Waals surface area contributed by atoms with Crippen molar-refractivity contribution in [2.75, 3.05) is 14.8 Å². The van der Waals surface area contributed by atoms with Crippen molar-refractivity contribution in [3.05, 3.63) is 112 Å². The summed E-state index contributed by atoms with van der Waals surface area (Å²) in [6, 6.07) is 22.1. The highest BCUT2D eigenvalue weighted by molar-refractivity contribution is 7.93. The molecular weight excluding hydrogens is 558 g/mol. The summed E-state index contributed by atoms with van der Waals surface area (Å²) in [4.78, 5) is 13.1. The molecule has 0 heterocycles. The first kappa shape index (κ1) is 28.2. The number of carbonyl (C=O) groups is 1. The van der Waals surface area contributed by atoms with Crippen molar-refractivity contribution >= 4 is 54.6 Å². The van der Waals surface area contributed by atoms with Crippen LogP contribution in [0.25, 0.3) is 0 Å². The highest BCUT2D eigenvalue weighted by atomic mass is 35.5. The molecule has 0 unspecified atom stereocenters. The van der Waals surface area contributed by atoms with Gasteiger partial charge in [0.25, 0.3) is 26.0 Å². The molecule has 8 nitrogen and oxygen atoms in total. The Balaban J connectivity index is 1.60. The minimum Gasteiger partial charge on any atom is -0.322 e. The molecular formula is C28H26ClN3O5S2. The number of carbonyl (C=O) groups excluding carboxylic acids is 1. The first-order chi connectivity index (χ1) is 18.4. The highest BCUT2D eigenvalue weighted by Crippen LogP contribution is 2.27. The van der Waals surface area contributed by atoms with E-state index in [0.717, 1.165) is 5.56 Å².